The lowest BCUT2D eigenvalue weighted by molar-refractivity contribution is 0.254. The van der Waals surface area contributed by atoms with E-state index < -0.39 is 0 Å². The van der Waals surface area contributed by atoms with E-state index in [1.165, 1.54) is 0 Å². The molecule has 0 atom stereocenters. The highest BCUT2D eigenvalue weighted by Gasteiger charge is 2.16. The number of hydrogen-bond donors (Lipinski definition) is 0. The van der Waals surface area contributed by atoms with Crippen LogP contribution in [0.15, 0.2) is 59.3 Å². The average molecular weight is 402 g/mol. The Bertz CT molecular complexity index is 1130. The first-order valence-electron chi connectivity index (χ1n) is 9.57. The van der Waals surface area contributed by atoms with Crippen molar-refractivity contribution in [3.05, 3.63) is 60.6 Å². The number of pyridine rings is 1. The van der Waals surface area contributed by atoms with E-state index in [0.29, 0.717) is 41.4 Å². The Labute approximate surface area is 174 Å². The molecule has 0 radical (unpaired) electrons. The lowest BCUT2D eigenvalue weighted by Gasteiger charge is -2.11. The van der Waals surface area contributed by atoms with Gasteiger partial charge in [0.25, 0.3) is 5.89 Å². The van der Waals surface area contributed by atoms with E-state index in [2.05, 4.69) is 25.1 Å². The summed E-state index contributed by atoms with van der Waals surface area (Å²) in [5.74, 6) is 1.32. The zero-order valence-corrected chi connectivity index (χ0v) is 17.1. The summed E-state index contributed by atoms with van der Waals surface area (Å²) >= 11 is 0. The molecule has 0 bridgehead atoms. The summed E-state index contributed by atoms with van der Waals surface area (Å²) < 4.78 is 11.6. The first kappa shape index (κ1) is 19.7. The van der Waals surface area contributed by atoms with E-state index in [1.54, 1.807) is 12.4 Å². The van der Waals surface area contributed by atoms with Gasteiger partial charge in [0.05, 0.1) is 17.6 Å². The van der Waals surface area contributed by atoms with Crippen LogP contribution < -0.4 is 4.74 Å². The van der Waals surface area contributed by atoms with Crippen molar-refractivity contribution in [2.24, 2.45) is 0 Å². The number of benzene rings is 1. The zero-order valence-electron chi connectivity index (χ0n) is 17.1. The maximum absolute atomic E-state index is 5.86. The fraction of sp³-hybridized carbons (Fsp3) is 0.227. The molecule has 8 nitrogen and oxygen atoms in total. The summed E-state index contributed by atoms with van der Waals surface area (Å²) in [4.78, 5) is 15.5. The molecule has 0 saturated heterocycles. The molecule has 8 heteroatoms. The minimum atomic E-state index is 0.331. The standard InChI is InChI=1S/C22H22N6O2/c1-15-20(22-27-26-21(30-22)16-7-5-4-6-8-16)25-18(14-24-15)17-9-10-23-19(13-17)29-12-11-28(2)3/h4-10,13-14H,11-12H2,1-3H3. The predicted octanol–water partition coefficient (Wildman–Crippen LogP) is 3.50. The molecular weight excluding hydrogens is 380 g/mol. The Morgan fingerprint density at radius 2 is 1.77 bits per heavy atom. The van der Waals surface area contributed by atoms with Crippen molar-refractivity contribution in [3.63, 3.8) is 0 Å². The summed E-state index contributed by atoms with van der Waals surface area (Å²) in [6, 6.07) is 13.3. The molecule has 0 aliphatic carbocycles. The minimum absolute atomic E-state index is 0.331. The van der Waals surface area contributed by atoms with Crippen molar-refractivity contribution in [3.8, 4) is 40.2 Å². The maximum atomic E-state index is 5.86. The van der Waals surface area contributed by atoms with Gasteiger partial charge in [-0.2, -0.15) is 0 Å². The normalized spacial score (nSPS) is 11.1. The summed E-state index contributed by atoms with van der Waals surface area (Å²) in [6.07, 6.45) is 3.41. The van der Waals surface area contributed by atoms with Crippen LogP contribution in [0, 0.1) is 6.92 Å². The van der Waals surface area contributed by atoms with E-state index in [1.807, 2.05) is 63.5 Å². The first-order valence-corrected chi connectivity index (χ1v) is 9.57. The van der Waals surface area contributed by atoms with Gasteiger partial charge in [-0.25, -0.2) is 9.97 Å². The summed E-state index contributed by atoms with van der Waals surface area (Å²) in [5, 5.41) is 8.32. The quantitative estimate of drug-likeness (QED) is 0.464. The summed E-state index contributed by atoms with van der Waals surface area (Å²) in [7, 11) is 3.99. The van der Waals surface area contributed by atoms with Crippen LogP contribution in [0.1, 0.15) is 5.69 Å². The molecule has 0 unspecified atom stereocenters. The Morgan fingerprint density at radius 3 is 2.57 bits per heavy atom. The van der Waals surface area contributed by atoms with Crippen LogP contribution in [-0.2, 0) is 0 Å². The maximum Gasteiger partial charge on any atom is 0.268 e. The molecule has 0 aliphatic heterocycles. The van der Waals surface area contributed by atoms with Gasteiger partial charge in [-0.1, -0.05) is 18.2 Å². The largest absolute Gasteiger partial charge is 0.476 e. The molecule has 1 aromatic carbocycles. The molecule has 4 aromatic rings. The van der Waals surface area contributed by atoms with E-state index in [0.717, 1.165) is 17.7 Å². The highest BCUT2D eigenvalue weighted by atomic mass is 16.5. The van der Waals surface area contributed by atoms with E-state index >= 15 is 0 Å². The number of likely N-dealkylation sites (N-methyl/N-ethyl adjacent to an activating group) is 1. The monoisotopic (exact) mass is 402 g/mol. The second-order valence-corrected chi connectivity index (χ2v) is 7.00. The molecule has 3 aromatic heterocycles. The lowest BCUT2D eigenvalue weighted by atomic mass is 10.2. The minimum Gasteiger partial charge on any atom is -0.476 e. The number of hydrogen-bond acceptors (Lipinski definition) is 8. The third-order valence-electron chi connectivity index (χ3n) is 4.42. The fourth-order valence-corrected chi connectivity index (χ4v) is 2.79. The summed E-state index contributed by atoms with van der Waals surface area (Å²) in [6.45, 7) is 3.22. The van der Waals surface area contributed by atoms with Crippen molar-refractivity contribution in [1.29, 1.82) is 0 Å². The van der Waals surface area contributed by atoms with Crippen molar-refractivity contribution < 1.29 is 9.15 Å². The molecule has 0 aliphatic rings. The second kappa shape index (κ2) is 8.79. The SMILES string of the molecule is Cc1ncc(-c2ccnc(OCCN(C)C)c2)nc1-c1nnc(-c2ccccc2)o1. The molecule has 0 N–H and O–H groups in total. The van der Waals surface area contributed by atoms with E-state index in [4.69, 9.17) is 14.1 Å². The van der Waals surface area contributed by atoms with E-state index in [-0.39, 0.29) is 0 Å². The number of aryl methyl sites for hydroxylation is 1. The van der Waals surface area contributed by atoms with Gasteiger partial charge in [-0.3, -0.25) is 4.98 Å². The Kier molecular flexibility index (Phi) is 5.76. The van der Waals surface area contributed by atoms with Gasteiger partial charge in [0.15, 0.2) is 0 Å². The second-order valence-electron chi connectivity index (χ2n) is 7.00. The number of rotatable bonds is 7. The van der Waals surface area contributed by atoms with Gasteiger partial charge in [0, 0.05) is 29.9 Å². The van der Waals surface area contributed by atoms with E-state index in [9.17, 15) is 0 Å². The van der Waals surface area contributed by atoms with Gasteiger partial charge in [0.2, 0.25) is 11.8 Å². The van der Waals surface area contributed by atoms with Crippen molar-refractivity contribution in [2.75, 3.05) is 27.2 Å². The van der Waals surface area contributed by atoms with Gasteiger partial charge in [0.1, 0.15) is 12.3 Å². The Morgan fingerprint density at radius 1 is 0.967 bits per heavy atom. The van der Waals surface area contributed by atoms with Gasteiger partial charge >= 0.3 is 0 Å². The lowest BCUT2D eigenvalue weighted by Crippen LogP contribution is -2.19. The molecule has 4 rings (SSSR count). The van der Waals surface area contributed by atoms with Gasteiger partial charge in [-0.05, 0) is 39.2 Å². The zero-order chi connectivity index (χ0) is 20.9. The molecule has 0 fully saturated rings. The number of aromatic nitrogens is 5. The van der Waals surface area contributed by atoms with Crippen molar-refractivity contribution in [2.45, 2.75) is 6.92 Å². The number of ether oxygens (including phenoxy) is 1. The number of nitrogens with zero attached hydrogens (tertiary/aromatic N) is 6. The molecule has 152 valence electrons. The Balaban J connectivity index is 1.61. The van der Waals surface area contributed by atoms with Crippen LogP contribution in [0.2, 0.25) is 0 Å². The van der Waals surface area contributed by atoms with Gasteiger partial charge < -0.3 is 14.1 Å². The Hall–Kier alpha value is -3.65. The third-order valence-corrected chi connectivity index (χ3v) is 4.42. The topological polar surface area (TPSA) is 90.1 Å². The third kappa shape index (κ3) is 4.49. The summed E-state index contributed by atoms with van der Waals surface area (Å²) in [5.41, 5.74) is 3.63. The van der Waals surface area contributed by atoms with Crippen LogP contribution in [0.5, 0.6) is 5.88 Å². The van der Waals surface area contributed by atoms with Crippen LogP contribution in [0.4, 0.5) is 0 Å². The van der Waals surface area contributed by atoms with Crippen molar-refractivity contribution in [1.82, 2.24) is 30.0 Å². The molecular formula is C22H22N6O2. The highest BCUT2D eigenvalue weighted by molar-refractivity contribution is 5.63. The molecule has 3 heterocycles. The van der Waals surface area contributed by atoms with Gasteiger partial charge in [-0.15, -0.1) is 10.2 Å². The van der Waals surface area contributed by atoms with Crippen LogP contribution in [-0.4, -0.2) is 57.3 Å². The fourth-order valence-electron chi connectivity index (χ4n) is 2.79. The average Bonchev–Trinajstić information content (AvgIpc) is 3.25. The van der Waals surface area contributed by atoms with Crippen molar-refractivity contribution >= 4 is 0 Å². The predicted molar refractivity (Wildman–Crippen MR) is 113 cm³/mol. The molecule has 30 heavy (non-hydrogen) atoms. The molecule has 0 saturated carbocycles. The smallest absolute Gasteiger partial charge is 0.268 e. The molecule has 0 spiro atoms. The van der Waals surface area contributed by atoms with Crippen LogP contribution >= 0.6 is 0 Å². The van der Waals surface area contributed by atoms with Crippen LogP contribution in [0.25, 0.3) is 34.3 Å². The first-order chi connectivity index (χ1) is 14.6. The van der Waals surface area contributed by atoms with Crippen LogP contribution in [0.3, 0.4) is 0 Å². The molecule has 0 amide bonds. The highest BCUT2D eigenvalue weighted by Crippen LogP contribution is 2.27.